The van der Waals surface area contributed by atoms with Crippen molar-refractivity contribution in [2.75, 3.05) is 13.1 Å². The van der Waals surface area contributed by atoms with Crippen LogP contribution in [-0.4, -0.2) is 39.5 Å². The summed E-state index contributed by atoms with van der Waals surface area (Å²) < 4.78 is 45.5. The Morgan fingerprint density at radius 1 is 1.32 bits per heavy atom. The van der Waals surface area contributed by atoms with Gasteiger partial charge in [-0.15, -0.1) is 0 Å². The second-order valence-corrected chi connectivity index (χ2v) is 8.46. The van der Waals surface area contributed by atoms with E-state index in [9.17, 15) is 18.0 Å². The minimum Gasteiger partial charge on any atom is -0.444 e. The quantitative estimate of drug-likeness (QED) is 0.806. The number of halogens is 3. The van der Waals surface area contributed by atoms with E-state index in [1.165, 1.54) is 0 Å². The normalized spacial score (nSPS) is 20.4. The number of aryl methyl sites for hydroxylation is 1. The molecule has 140 valence electrons. The standard InChI is InChI=1S/C17H24F3N3O2/c1-11-5-13(17(18,19)20)23(21-11)8-12-6-16(7-12)9-22(10-16)14(24)25-15(2,3)4/h5,12H,6-10H2,1-4H3. The third-order valence-electron chi connectivity index (χ3n) is 4.77. The fourth-order valence-corrected chi connectivity index (χ4v) is 3.93. The molecule has 1 aliphatic carbocycles. The van der Waals surface area contributed by atoms with Crippen LogP contribution in [-0.2, 0) is 17.5 Å². The number of carbonyl (C=O) groups is 1. The molecular formula is C17H24F3N3O2. The Balaban J connectivity index is 1.51. The molecule has 2 aliphatic rings. The maximum absolute atomic E-state index is 13.0. The lowest BCUT2D eigenvalue weighted by atomic mass is 9.58. The van der Waals surface area contributed by atoms with Crippen molar-refractivity contribution in [1.29, 1.82) is 0 Å². The number of ether oxygens (including phenoxy) is 1. The van der Waals surface area contributed by atoms with E-state index in [0.29, 0.717) is 18.8 Å². The molecule has 8 heteroatoms. The van der Waals surface area contributed by atoms with Gasteiger partial charge in [0, 0.05) is 25.0 Å². The summed E-state index contributed by atoms with van der Waals surface area (Å²) in [7, 11) is 0. The zero-order chi connectivity index (χ0) is 18.6. The highest BCUT2D eigenvalue weighted by atomic mass is 19.4. The van der Waals surface area contributed by atoms with Gasteiger partial charge >= 0.3 is 12.3 Å². The van der Waals surface area contributed by atoms with E-state index in [-0.39, 0.29) is 24.0 Å². The highest BCUT2D eigenvalue weighted by Crippen LogP contribution is 2.52. The summed E-state index contributed by atoms with van der Waals surface area (Å²) in [4.78, 5) is 13.6. The zero-order valence-corrected chi connectivity index (χ0v) is 15.0. The van der Waals surface area contributed by atoms with Crippen molar-refractivity contribution in [3.63, 3.8) is 0 Å². The summed E-state index contributed by atoms with van der Waals surface area (Å²) in [6, 6.07) is 1.09. The lowest BCUT2D eigenvalue weighted by Gasteiger charge is -2.58. The molecule has 5 nitrogen and oxygen atoms in total. The number of hydrogen-bond acceptors (Lipinski definition) is 3. The number of carbonyl (C=O) groups excluding carboxylic acids is 1. The molecule has 0 radical (unpaired) electrons. The number of nitrogens with zero attached hydrogens (tertiary/aromatic N) is 3. The van der Waals surface area contributed by atoms with Crippen LogP contribution < -0.4 is 0 Å². The third kappa shape index (κ3) is 3.77. The summed E-state index contributed by atoms with van der Waals surface area (Å²) in [5.41, 5.74) is -0.771. The first-order valence-electron chi connectivity index (χ1n) is 8.47. The Bertz CT molecular complexity index is 662. The maximum atomic E-state index is 13.0. The zero-order valence-electron chi connectivity index (χ0n) is 15.0. The van der Waals surface area contributed by atoms with Crippen LogP contribution in [0.1, 0.15) is 45.0 Å². The number of likely N-dealkylation sites (tertiary alicyclic amines) is 1. The Morgan fingerprint density at radius 2 is 1.92 bits per heavy atom. The van der Waals surface area contributed by atoms with Gasteiger partial charge in [0.05, 0.1) is 5.69 Å². The summed E-state index contributed by atoms with van der Waals surface area (Å²) in [6.45, 7) is 8.57. The molecule has 0 bridgehead atoms. The molecule has 1 aromatic rings. The molecule has 3 rings (SSSR count). The number of amides is 1. The lowest BCUT2D eigenvalue weighted by Crippen LogP contribution is -2.64. The van der Waals surface area contributed by atoms with E-state index in [0.717, 1.165) is 23.6 Å². The average Bonchev–Trinajstić information content (AvgIpc) is 2.69. The van der Waals surface area contributed by atoms with Crippen LogP contribution in [0.5, 0.6) is 0 Å². The van der Waals surface area contributed by atoms with E-state index in [1.54, 1.807) is 11.8 Å². The Labute approximate surface area is 145 Å². The Morgan fingerprint density at radius 3 is 2.44 bits per heavy atom. The van der Waals surface area contributed by atoms with Crippen LogP contribution in [0.3, 0.4) is 0 Å². The van der Waals surface area contributed by atoms with Crippen LogP contribution >= 0.6 is 0 Å². The van der Waals surface area contributed by atoms with Gasteiger partial charge in [0.15, 0.2) is 0 Å². The molecule has 0 aromatic carbocycles. The molecule has 2 heterocycles. The average molecular weight is 359 g/mol. The van der Waals surface area contributed by atoms with E-state index < -0.39 is 17.5 Å². The SMILES string of the molecule is Cc1cc(C(F)(F)F)n(CC2CC3(C2)CN(C(=O)OC(C)(C)C)C3)n1. The molecule has 1 saturated heterocycles. The van der Waals surface area contributed by atoms with Crippen molar-refractivity contribution in [2.45, 2.75) is 58.9 Å². The first-order valence-corrected chi connectivity index (χ1v) is 8.47. The lowest BCUT2D eigenvalue weighted by molar-refractivity contribution is -0.146. The largest absolute Gasteiger partial charge is 0.444 e. The summed E-state index contributed by atoms with van der Waals surface area (Å²) in [5, 5.41) is 3.99. The van der Waals surface area contributed by atoms with Crippen molar-refractivity contribution in [2.24, 2.45) is 11.3 Å². The Hall–Kier alpha value is -1.73. The van der Waals surface area contributed by atoms with Crippen LogP contribution in [0, 0.1) is 18.3 Å². The van der Waals surface area contributed by atoms with Gasteiger partial charge in [-0.05, 0) is 52.5 Å². The van der Waals surface area contributed by atoms with E-state index in [4.69, 9.17) is 4.74 Å². The second-order valence-electron chi connectivity index (χ2n) is 8.46. The van der Waals surface area contributed by atoms with Gasteiger partial charge in [0.1, 0.15) is 11.3 Å². The van der Waals surface area contributed by atoms with Gasteiger partial charge in [0.2, 0.25) is 0 Å². The molecule has 25 heavy (non-hydrogen) atoms. The maximum Gasteiger partial charge on any atom is 0.433 e. The molecule has 0 unspecified atom stereocenters. The van der Waals surface area contributed by atoms with Crippen molar-refractivity contribution < 1.29 is 22.7 Å². The molecule has 1 aromatic heterocycles. The fraction of sp³-hybridized carbons (Fsp3) is 0.765. The molecule has 1 saturated carbocycles. The molecule has 2 fully saturated rings. The second kappa shape index (κ2) is 5.64. The number of rotatable bonds is 2. The smallest absolute Gasteiger partial charge is 0.433 e. The Kier molecular flexibility index (Phi) is 4.08. The summed E-state index contributed by atoms with van der Waals surface area (Å²) >= 11 is 0. The van der Waals surface area contributed by atoms with Gasteiger partial charge in [-0.2, -0.15) is 18.3 Å². The number of aromatic nitrogens is 2. The van der Waals surface area contributed by atoms with Crippen LogP contribution in [0.25, 0.3) is 0 Å². The van der Waals surface area contributed by atoms with Gasteiger partial charge in [-0.3, -0.25) is 4.68 Å². The van der Waals surface area contributed by atoms with Crippen LogP contribution in [0.2, 0.25) is 0 Å². The first-order chi connectivity index (χ1) is 11.4. The molecule has 0 atom stereocenters. The highest BCUT2D eigenvalue weighted by molar-refractivity contribution is 5.69. The van der Waals surface area contributed by atoms with E-state index in [1.807, 2.05) is 20.8 Å². The van der Waals surface area contributed by atoms with E-state index in [2.05, 4.69) is 5.10 Å². The summed E-state index contributed by atoms with van der Waals surface area (Å²) in [5.74, 6) is 0.168. The van der Waals surface area contributed by atoms with Gasteiger partial charge in [-0.25, -0.2) is 4.79 Å². The molecule has 1 spiro atoms. The molecular weight excluding hydrogens is 335 g/mol. The first kappa shape index (κ1) is 18.1. The fourth-order valence-electron chi connectivity index (χ4n) is 3.93. The predicted molar refractivity (Wildman–Crippen MR) is 84.9 cm³/mol. The van der Waals surface area contributed by atoms with Crippen molar-refractivity contribution in [3.05, 3.63) is 17.5 Å². The number of hydrogen-bond donors (Lipinski definition) is 0. The highest BCUT2D eigenvalue weighted by Gasteiger charge is 2.54. The van der Waals surface area contributed by atoms with Gasteiger partial charge < -0.3 is 9.64 Å². The van der Waals surface area contributed by atoms with Crippen LogP contribution in [0.4, 0.5) is 18.0 Å². The molecule has 0 N–H and O–H groups in total. The minimum atomic E-state index is -4.38. The molecule has 1 amide bonds. The summed E-state index contributed by atoms with van der Waals surface area (Å²) in [6.07, 6.45) is -3.05. The van der Waals surface area contributed by atoms with Gasteiger partial charge in [-0.1, -0.05) is 0 Å². The van der Waals surface area contributed by atoms with Crippen LogP contribution in [0.15, 0.2) is 6.07 Å². The predicted octanol–water partition coefficient (Wildman–Crippen LogP) is 3.86. The van der Waals surface area contributed by atoms with Crippen molar-refractivity contribution in [1.82, 2.24) is 14.7 Å². The topological polar surface area (TPSA) is 47.4 Å². The third-order valence-corrected chi connectivity index (χ3v) is 4.77. The monoisotopic (exact) mass is 359 g/mol. The van der Waals surface area contributed by atoms with Gasteiger partial charge in [0.25, 0.3) is 0 Å². The van der Waals surface area contributed by atoms with Crippen molar-refractivity contribution >= 4 is 6.09 Å². The number of alkyl halides is 3. The minimum absolute atomic E-state index is 0.0577. The van der Waals surface area contributed by atoms with Crippen molar-refractivity contribution in [3.8, 4) is 0 Å². The molecule has 1 aliphatic heterocycles. The van der Waals surface area contributed by atoms with E-state index >= 15 is 0 Å².